The number of sulfonamides is 1. The Hall–Kier alpha value is -2.32. The van der Waals surface area contributed by atoms with Crippen LogP contribution in [-0.4, -0.2) is 45.3 Å². The van der Waals surface area contributed by atoms with Crippen molar-refractivity contribution in [3.8, 4) is 16.9 Å². The number of amides is 1. The molecule has 0 aliphatic carbocycles. The monoisotopic (exact) mass is 451 g/mol. The standard InChI is InChI=1S/C21H26ClN3O4S/c1-13(2)18-6-5-9-25(18)20-17(22)10-15(12-23-20)16-8-7-14(11-19(16)29-3)21(26)24-30(4,27)28/h7-8,10-13,18H,5-6,9H2,1-4H3,(H,24,26)/t18-/m0/s1. The fraction of sp³-hybridized carbons (Fsp3) is 0.429. The molecular formula is C21H26ClN3O4S. The van der Waals surface area contributed by atoms with Crippen LogP contribution in [-0.2, 0) is 10.0 Å². The number of methoxy groups -OCH3 is 1. The Morgan fingerprint density at radius 3 is 2.67 bits per heavy atom. The van der Waals surface area contributed by atoms with Gasteiger partial charge in [-0.15, -0.1) is 0 Å². The highest BCUT2D eigenvalue weighted by atomic mass is 35.5. The van der Waals surface area contributed by atoms with Crippen molar-refractivity contribution in [2.75, 3.05) is 24.8 Å². The molecule has 162 valence electrons. The first-order chi connectivity index (χ1) is 14.1. The van der Waals surface area contributed by atoms with E-state index in [0.29, 0.717) is 28.3 Å². The zero-order valence-electron chi connectivity index (χ0n) is 17.5. The van der Waals surface area contributed by atoms with Crippen LogP contribution in [0.3, 0.4) is 0 Å². The SMILES string of the molecule is COc1cc(C(=O)NS(C)(=O)=O)ccc1-c1cnc(N2CCC[C@H]2C(C)C)c(Cl)c1. The number of nitrogens with zero attached hydrogens (tertiary/aromatic N) is 2. The summed E-state index contributed by atoms with van der Waals surface area (Å²) in [6.07, 6.45) is 4.91. The number of carbonyl (C=O) groups is 1. The fourth-order valence-electron chi connectivity index (χ4n) is 3.84. The topological polar surface area (TPSA) is 88.6 Å². The molecule has 1 aliphatic rings. The molecule has 1 saturated heterocycles. The Kier molecular flexibility index (Phi) is 6.57. The number of nitrogens with one attached hydrogen (secondary N) is 1. The van der Waals surface area contributed by atoms with E-state index >= 15 is 0 Å². The third kappa shape index (κ3) is 4.87. The number of carbonyl (C=O) groups excluding carboxylic acids is 1. The van der Waals surface area contributed by atoms with Crippen molar-refractivity contribution < 1.29 is 17.9 Å². The summed E-state index contributed by atoms with van der Waals surface area (Å²) in [6, 6.07) is 6.98. The molecule has 1 N–H and O–H groups in total. The maximum absolute atomic E-state index is 12.1. The van der Waals surface area contributed by atoms with E-state index in [1.54, 1.807) is 12.3 Å². The molecule has 1 aromatic carbocycles. The summed E-state index contributed by atoms with van der Waals surface area (Å²) in [5.74, 6) is 0.987. The number of ether oxygens (including phenoxy) is 1. The Morgan fingerprint density at radius 1 is 1.33 bits per heavy atom. The van der Waals surface area contributed by atoms with Gasteiger partial charge >= 0.3 is 0 Å². The molecule has 1 aromatic heterocycles. The van der Waals surface area contributed by atoms with Gasteiger partial charge in [-0.2, -0.15) is 0 Å². The van der Waals surface area contributed by atoms with Crippen molar-refractivity contribution in [3.63, 3.8) is 0 Å². The summed E-state index contributed by atoms with van der Waals surface area (Å²) in [5.41, 5.74) is 1.63. The lowest BCUT2D eigenvalue weighted by Gasteiger charge is -2.29. The van der Waals surface area contributed by atoms with E-state index in [1.807, 2.05) is 10.8 Å². The van der Waals surface area contributed by atoms with Crippen LogP contribution in [0, 0.1) is 5.92 Å². The summed E-state index contributed by atoms with van der Waals surface area (Å²) in [4.78, 5) is 19.0. The molecule has 0 bridgehead atoms. The van der Waals surface area contributed by atoms with Crippen LogP contribution in [0.4, 0.5) is 5.82 Å². The van der Waals surface area contributed by atoms with Crippen molar-refractivity contribution in [3.05, 3.63) is 41.0 Å². The summed E-state index contributed by atoms with van der Waals surface area (Å²) < 4.78 is 30.0. The molecule has 0 spiro atoms. The molecule has 3 rings (SSSR count). The van der Waals surface area contributed by atoms with Crippen molar-refractivity contribution in [1.82, 2.24) is 9.71 Å². The molecule has 7 nitrogen and oxygen atoms in total. The van der Waals surface area contributed by atoms with Crippen LogP contribution in [0.2, 0.25) is 5.02 Å². The van der Waals surface area contributed by atoms with Crippen LogP contribution in [0.15, 0.2) is 30.5 Å². The first-order valence-electron chi connectivity index (χ1n) is 9.73. The molecule has 30 heavy (non-hydrogen) atoms. The van der Waals surface area contributed by atoms with Crippen molar-refractivity contribution in [1.29, 1.82) is 0 Å². The number of rotatable bonds is 6. The van der Waals surface area contributed by atoms with Crippen molar-refractivity contribution in [2.45, 2.75) is 32.7 Å². The second-order valence-electron chi connectivity index (χ2n) is 7.79. The third-order valence-electron chi connectivity index (χ3n) is 5.22. The van der Waals surface area contributed by atoms with Crippen LogP contribution in [0.1, 0.15) is 37.0 Å². The van der Waals surface area contributed by atoms with E-state index in [-0.39, 0.29) is 5.56 Å². The molecular weight excluding hydrogens is 426 g/mol. The lowest BCUT2D eigenvalue weighted by Crippen LogP contribution is -2.34. The van der Waals surface area contributed by atoms with Gasteiger partial charge in [-0.3, -0.25) is 4.79 Å². The molecule has 0 saturated carbocycles. The normalized spacial score (nSPS) is 16.7. The van der Waals surface area contributed by atoms with Gasteiger partial charge in [0.1, 0.15) is 11.6 Å². The molecule has 0 radical (unpaired) electrons. The van der Waals surface area contributed by atoms with Crippen LogP contribution >= 0.6 is 11.6 Å². The molecule has 1 fully saturated rings. The van der Waals surface area contributed by atoms with Gasteiger partial charge in [0.05, 0.1) is 18.4 Å². The highest BCUT2D eigenvalue weighted by molar-refractivity contribution is 7.89. The van der Waals surface area contributed by atoms with Gasteiger partial charge < -0.3 is 9.64 Å². The minimum atomic E-state index is -3.66. The zero-order chi connectivity index (χ0) is 22.1. The number of hydrogen-bond donors (Lipinski definition) is 1. The molecule has 0 unspecified atom stereocenters. The second-order valence-corrected chi connectivity index (χ2v) is 9.95. The largest absolute Gasteiger partial charge is 0.496 e. The van der Waals surface area contributed by atoms with Crippen LogP contribution in [0.5, 0.6) is 5.75 Å². The fourth-order valence-corrected chi connectivity index (χ4v) is 4.57. The quantitative estimate of drug-likeness (QED) is 0.719. The highest BCUT2D eigenvalue weighted by Crippen LogP contribution is 2.37. The number of halogens is 1. The summed E-state index contributed by atoms with van der Waals surface area (Å²) in [6.45, 7) is 5.34. The highest BCUT2D eigenvalue weighted by Gasteiger charge is 2.29. The summed E-state index contributed by atoms with van der Waals surface area (Å²) >= 11 is 6.60. The van der Waals surface area contributed by atoms with E-state index in [4.69, 9.17) is 16.3 Å². The zero-order valence-corrected chi connectivity index (χ0v) is 19.0. The van der Waals surface area contributed by atoms with Crippen molar-refractivity contribution >= 4 is 33.3 Å². The average Bonchev–Trinajstić information content (AvgIpc) is 3.16. The van der Waals surface area contributed by atoms with Gasteiger partial charge in [0, 0.05) is 35.5 Å². The number of pyridine rings is 1. The maximum atomic E-state index is 12.1. The Morgan fingerprint density at radius 2 is 2.07 bits per heavy atom. The summed E-state index contributed by atoms with van der Waals surface area (Å²) in [5, 5.41) is 0.556. The predicted molar refractivity (Wildman–Crippen MR) is 119 cm³/mol. The number of anilines is 1. The minimum absolute atomic E-state index is 0.175. The lowest BCUT2D eigenvalue weighted by molar-refractivity contribution is 0.0981. The van der Waals surface area contributed by atoms with E-state index in [0.717, 1.165) is 37.0 Å². The third-order valence-corrected chi connectivity index (χ3v) is 6.05. The van der Waals surface area contributed by atoms with Crippen molar-refractivity contribution in [2.24, 2.45) is 5.92 Å². The first-order valence-corrected chi connectivity index (χ1v) is 12.0. The van der Waals surface area contributed by atoms with Gasteiger partial charge in [0.15, 0.2) is 0 Å². The first kappa shape index (κ1) is 22.4. The van der Waals surface area contributed by atoms with Gasteiger partial charge in [0.2, 0.25) is 10.0 Å². The van der Waals surface area contributed by atoms with Crippen LogP contribution in [0.25, 0.3) is 11.1 Å². The van der Waals surface area contributed by atoms with Gasteiger partial charge in [0.25, 0.3) is 5.91 Å². The number of benzene rings is 1. The van der Waals surface area contributed by atoms with Gasteiger partial charge in [-0.1, -0.05) is 25.4 Å². The molecule has 2 heterocycles. The smallest absolute Gasteiger partial charge is 0.264 e. The molecule has 1 aliphatic heterocycles. The molecule has 1 amide bonds. The van der Waals surface area contributed by atoms with E-state index < -0.39 is 15.9 Å². The van der Waals surface area contributed by atoms with Gasteiger partial charge in [-0.25, -0.2) is 18.1 Å². The Labute approximate surface area is 182 Å². The Balaban J connectivity index is 1.92. The number of aromatic nitrogens is 1. The number of hydrogen-bond acceptors (Lipinski definition) is 6. The Bertz CT molecular complexity index is 1060. The maximum Gasteiger partial charge on any atom is 0.264 e. The molecule has 9 heteroatoms. The molecule has 1 atom stereocenters. The van der Waals surface area contributed by atoms with E-state index in [9.17, 15) is 13.2 Å². The second kappa shape index (κ2) is 8.81. The van der Waals surface area contributed by atoms with Gasteiger partial charge in [-0.05, 0) is 43.0 Å². The summed E-state index contributed by atoms with van der Waals surface area (Å²) in [7, 11) is -2.17. The van der Waals surface area contributed by atoms with E-state index in [2.05, 4.69) is 23.7 Å². The lowest BCUT2D eigenvalue weighted by atomic mass is 10.0. The molecule has 2 aromatic rings. The predicted octanol–water partition coefficient (Wildman–Crippen LogP) is 3.72. The van der Waals surface area contributed by atoms with E-state index in [1.165, 1.54) is 19.2 Å². The van der Waals surface area contributed by atoms with Crippen LogP contribution < -0.4 is 14.4 Å². The minimum Gasteiger partial charge on any atom is -0.496 e. The average molecular weight is 452 g/mol.